The Bertz CT molecular complexity index is 1400. The molecule has 8 nitrogen and oxygen atoms in total. The number of methoxy groups -OCH3 is 1. The highest BCUT2D eigenvalue weighted by Crippen LogP contribution is 2.44. The molecule has 0 radical (unpaired) electrons. The lowest BCUT2D eigenvalue weighted by atomic mass is 9.86. The Morgan fingerprint density at radius 3 is 2.54 bits per heavy atom. The van der Waals surface area contributed by atoms with E-state index in [-0.39, 0.29) is 16.3 Å². The van der Waals surface area contributed by atoms with Crippen molar-refractivity contribution in [2.75, 3.05) is 49.2 Å². The number of benzene rings is 1. The van der Waals surface area contributed by atoms with Crippen LogP contribution in [0.25, 0.3) is 10.2 Å². The summed E-state index contributed by atoms with van der Waals surface area (Å²) in [6.45, 7) is 4.13. The van der Waals surface area contributed by atoms with Crippen LogP contribution in [0.15, 0.2) is 30.3 Å². The Morgan fingerprint density at radius 1 is 1.14 bits per heavy atom. The van der Waals surface area contributed by atoms with E-state index in [2.05, 4.69) is 24.5 Å². The Morgan fingerprint density at radius 2 is 1.86 bits per heavy atom. The van der Waals surface area contributed by atoms with Gasteiger partial charge in [0.1, 0.15) is 10.6 Å². The molecule has 37 heavy (non-hydrogen) atoms. The minimum absolute atomic E-state index is 0.0765. The summed E-state index contributed by atoms with van der Waals surface area (Å²) in [5, 5.41) is 0.639. The summed E-state index contributed by atoms with van der Waals surface area (Å²) in [6, 6.07) is 9.11. The number of fused-ring (bicyclic) bond motifs is 1. The average molecular weight is 556 g/mol. The standard InChI is InChI=1S/C24H28F3N5O3S2/c1-35-22-28-20(19-11-18(12-24(25,26)27)36-21(19)29-22)32-10-8-23(15-32)7-9-31(14-23)13-16-3-5-17(6-4-16)30-37(2,33)34/h3-6,11,30H,7-10,12-15H2,1-2H3. The van der Waals surface area contributed by atoms with Gasteiger partial charge in [0, 0.05) is 42.2 Å². The molecule has 200 valence electrons. The van der Waals surface area contributed by atoms with Crippen molar-refractivity contribution in [2.24, 2.45) is 5.41 Å². The minimum atomic E-state index is -4.28. The van der Waals surface area contributed by atoms with E-state index in [0.29, 0.717) is 21.7 Å². The molecule has 5 rings (SSSR count). The van der Waals surface area contributed by atoms with E-state index in [9.17, 15) is 21.6 Å². The molecule has 0 saturated carbocycles. The summed E-state index contributed by atoms with van der Waals surface area (Å²) in [6.07, 6.45) is -2.16. The molecule has 2 fully saturated rings. The normalized spacial score (nSPS) is 20.8. The van der Waals surface area contributed by atoms with E-state index in [1.54, 1.807) is 18.2 Å². The highest BCUT2D eigenvalue weighted by atomic mass is 32.2. The number of aromatic nitrogens is 2. The van der Waals surface area contributed by atoms with Crippen molar-refractivity contribution < 1.29 is 26.3 Å². The number of alkyl halides is 3. The van der Waals surface area contributed by atoms with Crippen LogP contribution in [0.2, 0.25) is 0 Å². The number of nitrogens with zero attached hydrogens (tertiary/aromatic N) is 4. The van der Waals surface area contributed by atoms with Crippen LogP contribution in [0, 0.1) is 5.41 Å². The first kappa shape index (κ1) is 26.0. The first-order valence-electron chi connectivity index (χ1n) is 11.9. The summed E-state index contributed by atoms with van der Waals surface area (Å²) in [5.74, 6) is 0.635. The molecule has 1 spiro atoms. The topological polar surface area (TPSA) is 87.7 Å². The summed E-state index contributed by atoms with van der Waals surface area (Å²) in [7, 11) is -1.85. The molecular weight excluding hydrogens is 527 g/mol. The second kappa shape index (κ2) is 9.59. The van der Waals surface area contributed by atoms with E-state index in [0.717, 1.165) is 68.7 Å². The molecule has 0 aliphatic carbocycles. The van der Waals surface area contributed by atoms with Crippen LogP contribution in [0.3, 0.4) is 0 Å². The van der Waals surface area contributed by atoms with Crippen molar-refractivity contribution in [1.82, 2.24) is 14.9 Å². The molecule has 3 aromatic rings. The van der Waals surface area contributed by atoms with Gasteiger partial charge >= 0.3 is 12.2 Å². The predicted octanol–water partition coefficient (Wildman–Crippen LogP) is 4.28. The van der Waals surface area contributed by atoms with Crippen LogP contribution in [-0.4, -0.2) is 69.0 Å². The molecule has 1 atom stereocenters. The zero-order valence-corrected chi connectivity index (χ0v) is 22.1. The van der Waals surface area contributed by atoms with Crippen molar-refractivity contribution in [3.63, 3.8) is 0 Å². The molecule has 0 amide bonds. The summed E-state index contributed by atoms with van der Waals surface area (Å²) >= 11 is 1.03. The fourth-order valence-corrected chi connectivity index (χ4v) is 6.93. The van der Waals surface area contributed by atoms with Gasteiger partial charge in [0.15, 0.2) is 0 Å². The summed E-state index contributed by atoms with van der Waals surface area (Å²) < 4.78 is 69.6. The molecule has 13 heteroatoms. The number of sulfonamides is 1. The number of likely N-dealkylation sites (tertiary alicyclic amines) is 1. The SMILES string of the molecule is COc1nc(N2CCC3(CCN(Cc4ccc(NS(C)(=O)=O)cc4)C3)C2)c2cc(CC(F)(F)F)sc2n1. The van der Waals surface area contributed by atoms with Gasteiger partial charge in [0.05, 0.1) is 25.2 Å². The van der Waals surface area contributed by atoms with Crippen molar-refractivity contribution in [2.45, 2.75) is 32.0 Å². The van der Waals surface area contributed by atoms with Crippen LogP contribution >= 0.6 is 11.3 Å². The number of hydrogen-bond acceptors (Lipinski definition) is 8. The number of halogens is 3. The summed E-state index contributed by atoms with van der Waals surface area (Å²) in [5.41, 5.74) is 1.71. The second-order valence-corrected chi connectivity index (χ2v) is 12.8. The predicted molar refractivity (Wildman–Crippen MR) is 138 cm³/mol. The maximum Gasteiger partial charge on any atom is 0.393 e. The Hall–Kier alpha value is -2.64. The monoisotopic (exact) mass is 555 g/mol. The third kappa shape index (κ3) is 6.10. The molecular formula is C24H28F3N5O3S2. The van der Waals surface area contributed by atoms with Crippen molar-refractivity contribution in [3.05, 3.63) is 40.8 Å². The molecule has 2 aliphatic rings. The molecule has 1 unspecified atom stereocenters. The Labute approximate surface area is 217 Å². The van der Waals surface area contributed by atoms with Crippen molar-refractivity contribution >= 4 is 43.1 Å². The highest BCUT2D eigenvalue weighted by molar-refractivity contribution is 7.92. The number of rotatable bonds is 7. The van der Waals surface area contributed by atoms with Gasteiger partial charge in [-0.2, -0.15) is 23.1 Å². The Kier molecular flexibility index (Phi) is 6.73. The molecule has 0 bridgehead atoms. The molecule has 4 heterocycles. The Balaban J connectivity index is 1.29. The van der Waals surface area contributed by atoms with Gasteiger partial charge in [-0.25, -0.2) is 8.42 Å². The third-order valence-electron chi connectivity index (χ3n) is 6.88. The second-order valence-electron chi connectivity index (χ2n) is 9.96. The van der Waals surface area contributed by atoms with Gasteiger partial charge in [0.25, 0.3) is 0 Å². The van der Waals surface area contributed by atoms with Crippen LogP contribution in [0.4, 0.5) is 24.7 Å². The van der Waals surface area contributed by atoms with Crippen molar-refractivity contribution in [3.8, 4) is 6.01 Å². The number of anilines is 2. The molecule has 1 aromatic carbocycles. The average Bonchev–Trinajstić information content (AvgIpc) is 3.51. The fourth-order valence-electron chi connectivity index (χ4n) is 5.32. The van der Waals surface area contributed by atoms with E-state index in [4.69, 9.17) is 4.74 Å². The van der Waals surface area contributed by atoms with Gasteiger partial charge in [-0.1, -0.05) is 12.1 Å². The van der Waals surface area contributed by atoms with Crippen LogP contribution in [0.1, 0.15) is 23.3 Å². The minimum Gasteiger partial charge on any atom is -0.467 e. The summed E-state index contributed by atoms with van der Waals surface area (Å²) in [4.78, 5) is 14.1. The number of hydrogen-bond donors (Lipinski definition) is 1. The van der Waals surface area contributed by atoms with Crippen molar-refractivity contribution in [1.29, 1.82) is 0 Å². The zero-order chi connectivity index (χ0) is 26.4. The molecule has 2 saturated heterocycles. The van der Waals surface area contributed by atoms with Gasteiger partial charge < -0.3 is 9.64 Å². The van der Waals surface area contributed by atoms with Crippen LogP contribution < -0.4 is 14.4 Å². The van der Waals surface area contributed by atoms with Gasteiger partial charge in [-0.3, -0.25) is 9.62 Å². The van der Waals surface area contributed by atoms with E-state index in [1.807, 2.05) is 12.1 Å². The first-order valence-corrected chi connectivity index (χ1v) is 14.6. The lowest BCUT2D eigenvalue weighted by molar-refractivity contribution is -0.126. The van der Waals surface area contributed by atoms with Gasteiger partial charge in [-0.05, 0) is 43.1 Å². The van der Waals surface area contributed by atoms with E-state index in [1.165, 1.54) is 7.11 Å². The number of ether oxygens (including phenoxy) is 1. The van der Waals surface area contributed by atoms with Crippen LogP contribution in [-0.2, 0) is 23.0 Å². The molecule has 2 aliphatic heterocycles. The first-order chi connectivity index (χ1) is 17.4. The third-order valence-corrected chi connectivity index (χ3v) is 8.51. The number of nitrogens with one attached hydrogen (secondary N) is 1. The van der Waals surface area contributed by atoms with E-state index >= 15 is 0 Å². The van der Waals surface area contributed by atoms with Crippen LogP contribution in [0.5, 0.6) is 6.01 Å². The lowest BCUT2D eigenvalue weighted by Gasteiger charge is -2.25. The highest BCUT2D eigenvalue weighted by Gasteiger charge is 2.44. The zero-order valence-electron chi connectivity index (χ0n) is 20.5. The van der Waals surface area contributed by atoms with E-state index < -0.39 is 22.6 Å². The van der Waals surface area contributed by atoms with Gasteiger partial charge in [0.2, 0.25) is 10.0 Å². The quantitative estimate of drug-likeness (QED) is 0.466. The molecule has 2 aromatic heterocycles. The fraction of sp³-hybridized carbons (Fsp3) is 0.500. The largest absolute Gasteiger partial charge is 0.467 e. The lowest BCUT2D eigenvalue weighted by Crippen LogP contribution is -2.31. The molecule has 1 N–H and O–H groups in total. The number of thiophene rings is 1. The smallest absolute Gasteiger partial charge is 0.393 e. The van der Waals surface area contributed by atoms with Gasteiger partial charge in [-0.15, -0.1) is 11.3 Å². The maximum atomic E-state index is 13.0. The maximum absolute atomic E-state index is 13.0.